The maximum atomic E-state index is 13.1. The Balaban J connectivity index is 2.11. The lowest BCUT2D eigenvalue weighted by Gasteiger charge is -2.30. The van der Waals surface area contributed by atoms with E-state index in [2.05, 4.69) is 36.5 Å². The van der Waals surface area contributed by atoms with Crippen molar-refractivity contribution >= 4 is 23.6 Å². The van der Waals surface area contributed by atoms with Crippen molar-refractivity contribution in [3.8, 4) is 0 Å². The van der Waals surface area contributed by atoms with Crippen LogP contribution in [0.5, 0.6) is 0 Å². The fourth-order valence-corrected chi connectivity index (χ4v) is 4.22. The van der Waals surface area contributed by atoms with Gasteiger partial charge in [-0.25, -0.2) is 0 Å². The van der Waals surface area contributed by atoms with E-state index in [-0.39, 0.29) is 11.8 Å². The van der Waals surface area contributed by atoms with Crippen LogP contribution in [0.1, 0.15) is 42.5 Å². The first kappa shape index (κ1) is 23.0. The first-order chi connectivity index (χ1) is 13.9. The average molecular weight is 413 g/mol. The normalized spacial score (nSPS) is 11.7. The molecular weight excluding hydrogens is 380 g/mol. The third kappa shape index (κ3) is 7.24. The summed E-state index contributed by atoms with van der Waals surface area (Å²) in [5, 5.41) is 2.88. The summed E-state index contributed by atoms with van der Waals surface area (Å²) < 4.78 is 0. The lowest BCUT2D eigenvalue weighted by atomic mass is 10.1. The van der Waals surface area contributed by atoms with Crippen molar-refractivity contribution in [2.24, 2.45) is 0 Å². The van der Waals surface area contributed by atoms with Gasteiger partial charge in [-0.3, -0.25) is 9.59 Å². The van der Waals surface area contributed by atoms with Crippen molar-refractivity contribution in [2.45, 2.75) is 52.5 Å². The molecule has 0 saturated carbocycles. The van der Waals surface area contributed by atoms with E-state index in [0.717, 1.165) is 16.9 Å². The predicted octanol–water partition coefficient (Wildman–Crippen LogP) is 4.48. The Morgan fingerprint density at radius 3 is 2.21 bits per heavy atom. The van der Waals surface area contributed by atoms with Crippen molar-refractivity contribution in [2.75, 3.05) is 12.3 Å². The maximum Gasteiger partial charge on any atom is 0.242 e. The van der Waals surface area contributed by atoms with Gasteiger partial charge in [-0.05, 0) is 38.3 Å². The highest BCUT2D eigenvalue weighted by Gasteiger charge is 2.28. The molecule has 0 unspecified atom stereocenters. The number of hydrogen-bond acceptors (Lipinski definition) is 3. The number of hydrogen-bond donors (Lipinski definition) is 1. The van der Waals surface area contributed by atoms with Crippen LogP contribution in [0.15, 0.2) is 48.5 Å². The topological polar surface area (TPSA) is 49.4 Å². The van der Waals surface area contributed by atoms with Crippen molar-refractivity contribution in [3.63, 3.8) is 0 Å². The SMILES string of the molecule is CCNC(=O)[C@@H](CC)N(Cc1cccc(C)c1)C(=O)CSCc1cccc(C)c1. The maximum absolute atomic E-state index is 13.1. The molecule has 0 aromatic heterocycles. The molecule has 0 heterocycles. The Kier molecular flexibility index (Phi) is 9.26. The monoisotopic (exact) mass is 412 g/mol. The van der Waals surface area contributed by atoms with Gasteiger partial charge >= 0.3 is 0 Å². The molecule has 0 radical (unpaired) electrons. The molecule has 156 valence electrons. The Morgan fingerprint density at radius 1 is 1.00 bits per heavy atom. The van der Waals surface area contributed by atoms with Crippen LogP contribution in [0.2, 0.25) is 0 Å². The summed E-state index contributed by atoms with van der Waals surface area (Å²) in [4.78, 5) is 27.5. The molecular formula is C24H32N2O2S. The van der Waals surface area contributed by atoms with Gasteiger partial charge in [-0.1, -0.05) is 66.6 Å². The van der Waals surface area contributed by atoms with Gasteiger partial charge < -0.3 is 10.2 Å². The molecule has 29 heavy (non-hydrogen) atoms. The zero-order valence-corrected chi connectivity index (χ0v) is 18.7. The van der Waals surface area contributed by atoms with Crippen LogP contribution in [-0.2, 0) is 21.9 Å². The van der Waals surface area contributed by atoms with Gasteiger partial charge in [0.15, 0.2) is 0 Å². The molecule has 2 aromatic rings. The lowest BCUT2D eigenvalue weighted by molar-refractivity contribution is -0.139. The van der Waals surface area contributed by atoms with Crippen LogP contribution in [0, 0.1) is 13.8 Å². The van der Waals surface area contributed by atoms with Gasteiger partial charge in [-0.15, -0.1) is 11.8 Å². The molecule has 1 N–H and O–H groups in total. The van der Waals surface area contributed by atoms with Crippen LogP contribution >= 0.6 is 11.8 Å². The van der Waals surface area contributed by atoms with Crippen LogP contribution in [0.25, 0.3) is 0 Å². The molecule has 0 bridgehead atoms. The second kappa shape index (κ2) is 11.7. The summed E-state index contributed by atoms with van der Waals surface area (Å²) in [5.41, 5.74) is 4.63. The molecule has 2 aromatic carbocycles. The summed E-state index contributed by atoms with van der Waals surface area (Å²) in [6, 6.07) is 16.0. The molecule has 0 aliphatic heterocycles. The number of benzene rings is 2. The van der Waals surface area contributed by atoms with Crippen molar-refractivity contribution in [1.29, 1.82) is 0 Å². The minimum atomic E-state index is -0.456. The average Bonchev–Trinajstić information content (AvgIpc) is 2.68. The number of rotatable bonds is 10. The van der Waals surface area contributed by atoms with Crippen molar-refractivity contribution < 1.29 is 9.59 Å². The van der Waals surface area contributed by atoms with E-state index >= 15 is 0 Å². The van der Waals surface area contributed by atoms with Crippen molar-refractivity contribution in [1.82, 2.24) is 10.2 Å². The Hall–Kier alpha value is -2.27. The Bertz CT molecular complexity index is 822. The molecule has 0 saturated heterocycles. The van der Waals surface area contributed by atoms with Gasteiger partial charge in [0.1, 0.15) is 6.04 Å². The number of amides is 2. The van der Waals surface area contributed by atoms with Gasteiger partial charge in [0.2, 0.25) is 11.8 Å². The molecule has 4 nitrogen and oxygen atoms in total. The zero-order valence-electron chi connectivity index (χ0n) is 17.9. The highest BCUT2D eigenvalue weighted by Crippen LogP contribution is 2.18. The zero-order chi connectivity index (χ0) is 21.2. The Morgan fingerprint density at radius 2 is 1.62 bits per heavy atom. The summed E-state index contributed by atoms with van der Waals surface area (Å²) >= 11 is 1.60. The molecule has 0 spiro atoms. The Labute approximate surface area is 179 Å². The third-order valence-corrected chi connectivity index (χ3v) is 5.74. The van der Waals surface area contributed by atoms with Gasteiger partial charge in [-0.2, -0.15) is 0 Å². The first-order valence-electron chi connectivity index (χ1n) is 10.2. The van der Waals surface area contributed by atoms with E-state index in [1.807, 2.05) is 45.0 Å². The minimum Gasteiger partial charge on any atom is -0.355 e. The third-order valence-electron chi connectivity index (χ3n) is 4.75. The van der Waals surface area contributed by atoms with E-state index in [9.17, 15) is 9.59 Å². The summed E-state index contributed by atoms with van der Waals surface area (Å²) in [6.07, 6.45) is 0.589. The smallest absolute Gasteiger partial charge is 0.242 e. The predicted molar refractivity (Wildman–Crippen MR) is 122 cm³/mol. The molecule has 1 atom stereocenters. The lowest BCUT2D eigenvalue weighted by Crippen LogP contribution is -2.49. The second-order valence-electron chi connectivity index (χ2n) is 7.31. The van der Waals surface area contributed by atoms with E-state index < -0.39 is 6.04 Å². The fourth-order valence-electron chi connectivity index (χ4n) is 3.36. The van der Waals surface area contributed by atoms with E-state index in [1.54, 1.807) is 16.7 Å². The van der Waals surface area contributed by atoms with Gasteiger partial charge in [0, 0.05) is 18.8 Å². The fraction of sp³-hybridized carbons (Fsp3) is 0.417. The van der Waals surface area contributed by atoms with E-state index in [4.69, 9.17) is 0 Å². The largest absolute Gasteiger partial charge is 0.355 e. The van der Waals surface area contributed by atoms with E-state index in [0.29, 0.717) is 25.3 Å². The number of carbonyl (C=O) groups excluding carboxylic acids is 2. The molecule has 2 amide bonds. The standard InChI is InChI=1S/C24H32N2O2S/c1-5-22(24(28)25-6-2)26(15-20-11-7-9-18(3)13-20)23(27)17-29-16-21-12-8-10-19(4)14-21/h7-14,22H,5-6,15-17H2,1-4H3,(H,25,28)/t22-/m1/s1. The summed E-state index contributed by atoms with van der Waals surface area (Å²) in [6.45, 7) is 8.96. The summed E-state index contributed by atoms with van der Waals surface area (Å²) in [5.74, 6) is 1.06. The van der Waals surface area contributed by atoms with Crippen LogP contribution in [-0.4, -0.2) is 35.1 Å². The van der Waals surface area contributed by atoms with Gasteiger partial charge in [0.05, 0.1) is 5.75 Å². The highest BCUT2D eigenvalue weighted by molar-refractivity contribution is 7.99. The van der Waals surface area contributed by atoms with E-state index in [1.165, 1.54) is 11.1 Å². The van der Waals surface area contributed by atoms with Crippen LogP contribution < -0.4 is 5.32 Å². The van der Waals surface area contributed by atoms with Crippen molar-refractivity contribution in [3.05, 3.63) is 70.8 Å². The van der Waals surface area contributed by atoms with Gasteiger partial charge in [0.25, 0.3) is 0 Å². The number of nitrogens with zero attached hydrogens (tertiary/aromatic N) is 1. The first-order valence-corrected chi connectivity index (χ1v) is 11.4. The highest BCUT2D eigenvalue weighted by atomic mass is 32.2. The second-order valence-corrected chi connectivity index (χ2v) is 8.30. The number of aryl methyl sites for hydroxylation is 2. The quantitative estimate of drug-likeness (QED) is 0.626. The summed E-state index contributed by atoms with van der Waals surface area (Å²) in [7, 11) is 0. The molecule has 0 fully saturated rings. The number of nitrogens with one attached hydrogen (secondary N) is 1. The van der Waals surface area contributed by atoms with Crippen LogP contribution in [0.3, 0.4) is 0 Å². The molecule has 0 aliphatic carbocycles. The number of likely N-dealkylation sites (N-methyl/N-ethyl adjacent to an activating group) is 1. The molecule has 5 heteroatoms. The number of thioether (sulfide) groups is 1. The number of carbonyl (C=O) groups is 2. The van der Waals surface area contributed by atoms with Crippen LogP contribution in [0.4, 0.5) is 0 Å². The molecule has 0 aliphatic rings. The molecule has 2 rings (SSSR count). The minimum absolute atomic E-state index is 0.00209.